The molecule has 1 aromatic carbocycles. The zero-order chi connectivity index (χ0) is 20.2. The predicted molar refractivity (Wildman–Crippen MR) is 96.4 cm³/mol. The summed E-state index contributed by atoms with van der Waals surface area (Å²) in [7, 11) is 0. The Balaban J connectivity index is 2.01. The van der Waals surface area contributed by atoms with Crippen LogP contribution in [0.15, 0.2) is 42.5 Å². The number of nitrogens with zero attached hydrogens (tertiary/aromatic N) is 3. The summed E-state index contributed by atoms with van der Waals surface area (Å²) in [5, 5.41) is 20.3. The second-order valence-corrected chi connectivity index (χ2v) is 6.86. The average molecular weight is 391 g/mol. The van der Waals surface area contributed by atoms with Crippen molar-refractivity contribution in [3.63, 3.8) is 0 Å². The molecular formula is C20H20F3N3O2. The Bertz CT molecular complexity index is 844. The van der Waals surface area contributed by atoms with E-state index < -0.39 is 17.5 Å². The van der Waals surface area contributed by atoms with Gasteiger partial charge < -0.3 is 14.7 Å². The van der Waals surface area contributed by atoms with Gasteiger partial charge in [-0.15, -0.1) is 0 Å². The first-order valence-electron chi connectivity index (χ1n) is 8.88. The van der Waals surface area contributed by atoms with Gasteiger partial charge in [-0.1, -0.05) is 30.3 Å². The van der Waals surface area contributed by atoms with E-state index in [2.05, 4.69) is 4.98 Å². The molecular weight excluding hydrogens is 371 g/mol. The molecule has 0 unspecified atom stereocenters. The fraction of sp³-hybridized carbons (Fsp3) is 0.400. The summed E-state index contributed by atoms with van der Waals surface area (Å²) in [5.74, 6) is -0.0823. The van der Waals surface area contributed by atoms with Crippen molar-refractivity contribution in [2.45, 2.75) is 31.2 Å². The highest BCUT2D eigenvalue weighted by atomic mass is 19.4. The molecule has 28 heavy (non-hydrogen) atoms. The third-order valence-corrected chi connectivity index (χ3v) is 4.71. The number of aliphatic hydroxyl groups is 1. The van der Waals surface area contributed by atoms with E-state index in [1.807, 2.05) is 36.4 Å². The zero-order valence-corrected chi connectivity index (χ0v) is 15.1. The molecule has 1 fully saturated rings. The van der Waals surface area contributed by atoms with E-state index in [4.69, 9.17) is 4.74 Å². The fourth-order valence-electron chi connectivity index (χ4n) is 3.21. The molecule has 148 valence electrons. The van der Waals surface area contributed by atoms with Crippen LogP contribution in [0.2, 0.25) is 0 Å². The number of hydrogen-bond donors (Lipinski definition) is 1. The minimum Gasteiger partial charge on any atom is -0.388 e. The van der Waals surface area contributed by atoms with Gasteiger partial charge in [-0.2, -0.15) is 18.4 Å². The van der Waals surface area contributed by atoms with Crippen molar-refractivity contribution in [3.05, 3.63) is 59.3 Å². The first-order valence-corrected chi connectivity index (χ1v) is 8.88. The van der Waals surface area contributed by atoms with Gasteiger partial charge in [0.25, 0.3) is 0 Å². The van der Waals surface area contributed by atoms with Crippen LogP contribution in [-0.2, 0) is 17.5 Å². The van der Waals surface area contributed by atoms with Crippen LogP contribution in [0.4, 0.5) is 19.0 Å². The Morgan fingerprint density at radius 2 is 1.82 bits per heavy atom. The Morgan fingerprint density at radius 1 is 1.14 bits per heavy atom. The van der Waals surface area contributed by atoms with E-state index in [-0.39, 0.29) is 24.5 Å². The maximum atomic E-state index is 13.2. The summed E-state index contributed by atoms with van der Waals surface area (Å²) < 4.78 is 44.9. The van der Waals surface area contributed by atoms with Crippen molar-refractivity contribution >= 4 is 5.82 Å². The van der Waals surface area contributed by atoms with E-state index in [1.165, 1.54) is 0 Å². The van der Waals surface area contributed by atoms with E-state index >= 15 is 0 Å². The lowest BCUT2D eigenvalue weighted by Crippen LogP contribution is -2.47. The number of pyridine rings is 1. The molecule has 3 rings (SSSR count). The first-order chi connectivity index (χ1) is 13.3. The Hall–Kier alpha value is -2.63. The molecule has 1 N–H and O–H groups in total. The third kappa shape index (κ3) is 4.80. The summed E-state index contributed by atoms with van der Waals surface area (Å²) in [4.78, 5) is 5.29. The highest BCUT2D eigenvalue weighted by Gasteiger charge is 2.36. The summed E-state index contributed by atoms with van der Waals surface area (Å²) >= 11 is 0. The van der Waals surface area contributed by atoms with E-state index in [1.54, 1.807) is 4.90 Å². The van der Waals surface area contributed by atoms with E-state index in [0.29, 0.717) is 26.1 Å². The van der Waals surface area contributed by atoms with Crippen molar-refractivity contribution in [1.82, 2.24) is 4.98 Å². The Kier molecular flexibility index (Phi) is 5.87. The van der Waals surface area contributed by atoms with Crippen LogP contribution in [0, 0.1) is 11.3 Å². The number of ether oxygens (including phenoxy) is 1. The normalized spacial score (nSPS) is 16.4. The summed E-state index contributed by atoms with van der Waals surface area (Å²) in [6, 6.07) is 13.0. The van der Waals surface area contributed by atoms with Gasteiger partial charge in [0.15, 0.2) is 0 Å². The lowest BCUT2D eigenvalue weighted by Gasteiger charge is -2.37. The van der Waals surface area contributed by atoms with Crippen LogP contribution in [0.25, 0.3) is 0 Å². The SMILES string of the molecule is N#Cc1ccc(C(F)(F)F)nc1N(Cc1ccccc1)CC1(O)CCOCC1. The number of hydrogen-bond acceptors (Lipinski definition) is 5. The third-order valence-electron chi connectivity index (χ3n) is 4.71. The monoisotopic (exact) mass is 391 g/mol. The van der Waals surface area contributed by atoms with Crippen LogP contribution in [0.3, 0.4) is 0 Å². The summed E-state index contributed by atoms with van der Waals surface area (Å²) in [5.41, 5.74) is -1.34. The van der Waals surface area contributed by atoms with Crippen molar-refractivity contribution in [3.8, 4) is 6.07 Å². The molecule has 0 radical (unpaired) electrons. The summed E-state index contributed by atoms with van der Waals surface area (Å²) in [6.07, 6.45) is -3.91. The number of aromatic nitrogens is 1. The standard InChI is InChI=1S/C20H20F3N3O2/c21-20(22,23)17-7-6-16(12-24)18(25-17)26(13-15-4-2-1-3-5-15)14-19(27)8-10-28-11-9-19/h1-7,27H,8-11,13-14H2. The fourth-order valence-corrected chi connectivity index (χ4v) is 3.21. The molecule has 5 nitrogen and oxygen atoms in total. The lowest BCUT2D eigenvalue weighted by molar-refractivity contribution is -0.141. The molecule has 1 aliphatic rings. The van der Waals surface area contributed by atoms with Crippen molar-refractivity contribution in [1.29, 1.82) is 5.26 Å². The second kappa shape index (κ2) is 8.17. The minimum atomic E-state index is -4.63. The molecule has 2 aromatic rings. The first kappa shape index (κ1) is 20.1. The number of anilines is 1. The number of halogens is 3. The largest absolute Gasteiger partial charge is 0.433 e. The quantitative estimate of drug-likeness (QED) is 0.845. The molecule has 0 saturated carbocycles. The van der Waals surface area contributed by atoms with Crippen LogP contribution >= 0.6 is 0 Å². The van der Waals surface area contributed by atoms with Gasteiger partial charge in [-0.25, -0.2) is 4.98 Å². The van der Waals surface area contributed by atoms with Crippen molar-refractivity contribution < 1.29 is 23.0 Å². The van der Waals surface area contributed by atoms with E-state index in [0.717, 1.165) is 17.7 Å². The van der Waals surface area contributed by atoms with Crippen molar-refractivity contribution in [2.24, 2.45) is 0 Å². The van der Waals surface area contributed by atoms with Gasteiger partial charge in [0.1, 0.15) is 17.6 Å². The molecule has 0 spiro atoms. The second-order valence-electron chi connectivity index (χ2n) is 6.86. The molecule has 0 amide bonds. The predicted octanol–water partition coefficient (Wildman–Crippen LogP) is 3.52. The smallest absolute Gasteiger partial charge is 0.388 e. The van der Waals surface area contributed by atoms with Crippen LogP contribution < -0.4 is 4.90 Å². The van der Waals surface area contributed by atoms with Crippen LogP contribution in [0.1, 0.15) is 29.7 Å². The van der Waals surface area contributed by atoms with Gasteiger partial charge in [0.05, 0.1) is 11.2 Å². The van der Waals surface area contributed by atoms with Crippen LogP contribution in [0.5, 0.6) is 0 Å². The summed E-state index contributed by atoms with van der Waals surface area (Å²) in [6.45, 7) is 1.01. The number of alkyl halides is 3. The Morgan fingerprint density at radius 3 is 2.43 bits per heavy atom. The minimum absolute atomic E-state index is 0.0274. The number of benzene rings is 1. The maximum Gasteiger partial charge on any atom is 0.433 e. The maximum absolute atomic E-state index is 13.2. The molecule has 8 heteroatoms. The van der Waals surface area contributed by atoms with Gasteiger partial charge in [0, 0.05) is 39.1 Å². The molecule has 2 heterocycles. The Labute approximate surface area is 161 Å². The van der Waals surface area contributed by atoms with Gasteiger partial charge in [-0.05, 0) is 17.7 Å². The molecule has 1 aliphatic heterocycles. The van der Waals surface area contributed by atoms with Gasteiger partial charge in [-0.3, -0.25) is 0 Å². The molecule has 1 aromatic heterocycles. The molecule has 1 saturated heterocycles. The van der Waals surface area contributed by atoms with Crippen molar-refractivity contribution in [2.75, 3.05) is 24.7 Å². The zero-order valence-electron chi connectivity index (χ0n) is 15.1. The topological polar surface area (TPSA) is 69.4 Å². The van der Waals surface area contributed by atoms with E-state index in [9.17, 15) is 23.5 Å². The van der Waals surface area contributed by atoms with Crippen LogP contribution in [-0.4, -0.2) is 35.5 Å². The number of nitriles is 1. The average Bonchev–Trinajstić information content (AvgIpc) is 2.67. The highest BCUT2D eigenvalue weighted by molar-refractivity contribution is 5.55. The molecule has 0 atom stereocenters. The number of rotatable bonds is 5. The van der Waals surface area contributed by atoms with Gasteiger partial charge in [0.2, 0.25) is 0 Å². The highest BCUT2D eigenvalue weighted by Crippen LogP contribution is 2.32. The lowest BCUT2D eigenvalue weighted by atomic mass is 9.93. The molecule has 0 aliphatic carbocycles. The molecule has 0 bridgehead atoms. The van der Waals surface area contributed by atoms with Gasteiger partial charge >= 0.3 is 6.18 Å².